The summed E-state index contributed by atoms with van der Waals surface area (Å²) in [6.07, 6.45) is 1.45. The smallest absolute Gasteiger partial charge is 0.258 e. The summed E-state index contributed by atoms with van der Waals surface area (Å²) in [5.74, 6) is 0.678. The average molecular weight is 451 g/mol. The first-order valence-corrected chi connectivity index (χ1v) is 11.7. The Morgan fingerprint density at radius 2 is 1.93 bits per heavy atom. The molecule has 0 unspecified atom stereocenters. The number of benzene rings is 2. The van der Waals surface area contributed by atoms with Crippen molar-refractivity contribution in [2.45, 2.75) is 31.6 Å². The number of rotatable bonds is 5. The predicted octanol–water partition coefficient (Wildman–Crippen LogP) is 3.69. The van der Waals surface area contributed by atoms with E-state index in [0.29, 0.717) is 48.1 Å². The van der Waals surface area contributed by atoms with Gasteiger partial charge < -0.3 is 14.4 Å². The summed E-state index contributed by atoms with van der Waals surface area (Å²) >= 11 is 6.24. The highest BCUT2D eigenvalue weighted by atomic mass is 35.5. The second-order valence-electron chi connectivity index (χ2n) is 7.13. The van der Waals surface area contributed by atoms with Gasteiger partial charge in [0.15, 0.2) is 11.5 Å². The van der Waals surface area contributed by atoms with Crippen LogP contribution in [-0.2, 0) is 16.4 Å². The molecular weight excluding hydrogens is 428 g/mol. The van der Waals surface area contributed by atoms with Crippen molar-refractivity contribution in [3.05, 3.63) is 46.5 Å². The molecule has 0 N–H and O–H groups in total. The van der Waals surface area contributed by atoms with Crippen molar-refractivity contribution in [2.75, 3.05) is 31.3 Å². The number of ether oxygens (including phenoxy) is 2. The maximum absolute atomic E-state index is 13.2. The number of sulfonamides is 1. The summed E-state index contributed by atoms with van der Waals surface area (Å²) in [5.41, 5.74) is 1.96. The van der Waals surface area contributed by atoms with E-state index in [-0.39, 0.29) is 17.6 Å². The molecular formula is C21H23ClN2O5S. The van der Waals surface area contributed by atoms with Gasteiger partial charge in [-0.1, -0.05) is 25.4 Å². The average Bonchev–Trinajstić information content (AvgIpc) is 3.22. The van der Waals surface area contributed by atoms with Crippen molar-refractivity contribution in [2.24, 2.45) is 0 Å². The predicted molar refractivity (Wildman–Crippen MR) is 114 cm³/mol. The van der Waals surface area contributed by atoms with E-state index in [1.165, 1.54) is 4.31 Å². The lowest BCUT2D eigenvalue weighted by Crippen LogP contribution is -2.36. The Morgan fingerprint density at radius 1 is 1.17 bits per heavy atom. The Morgan fingerprint density at radius 3 is 2.67 bits per heavy atom. The summed E-state index contributed by atoms with van der Waals surface area (Å²) in [6, 6.07) is 8.19. The molecule has 0 aromatic heterocycles. The number of carbonyl (C=O) groups excluding carboxylic acids is 1. The number of nitrogens with zero attached hydrogens (tertiary/aromatic N) is 2. The highest BCUT2D eigenvalue weighted by Crippen LogP contribution is 2.40. The van der Waals surface area contributed by atoms with Gasteiger partial charge in [0.25, 0.3) is 5.91 Å². The van der Waals surface area contributed by atoms with Gasteiger partial charge in [-0.25, -0.2) is 8.42 Å². The van der Waals surface area contributed by atoms with Gasteiger partial charge in [-0.3, -0.25) is 4.79 Å². The number of fused-ring (bicyclic) bond motifs is 2. The molecule has 30 heavy (non-hydrogen) atoms. The minimum absolute atomic E-state index is 0.0725. The Kier molecular flexibility index (Phi) is 5.65. The van der Waals surface area contributed by atoms with E-state index >= 15 is 0 Å². The summed E-state index contributed by atoms with van der Waals surface area (Å²) in [7, 11) is -3.56. The molecule has 0 bridgehead atoms. The zero-order valence-electron chi connectivity index (χ0n) is 16.9. The van der Waals surface area contributed by atoms with Gasteiger partial charge in [-0.15, -0.1) is 0 Å². The first-order chi connectivity index (χ1) is 14.4. The molecule has 7 nitrogen and oxygen atoms in total. The van der Waals surface area contributed by atoms with Crippen molar-refractivity contribution >= 4 is 33.2 Å². The van der Waals surface area contributed by atoms with E-state index in [1.54, 1.807) is 35.2 Å². The first kappa shape index (κ1) is 21.0. The van der Waals surface area contributed by atoms with Gasteiger partial charge in [0.05, 0.1) is 9.92 Å². The molecule has 2 aromatic rings. The minimum Gasteiger partial charge on any atom is -0.454 e. The molecule has 0 atom stereocenters. The van der Waals surface area contributed by atoms with Crippen molar-refractivity contribution in [3.63, 3.8) is 0 Å². The van der Waals surface area contributed by atoms with E-state index in [1.807, 2.05) is 13.8 Å². The maximum atomic E-state index is 13.2. The Hall–Kier alpha value is -2.29. The molecule has 0 aliphatic carbocycles. The largest absolute Gasteiger partial charge is 0.454 e. The van der Waals surface area contributed by atoms with Crippen LogP contribution in [0.3, 0.4) is 0 Å². The van der Waals surface area contributed by atoms with Gasteiger partial charge in [-0.2, -0.15) is 4.31 Å². The number of carbonyl (C=O) groups is 1. The summed E-state index contributed by atoms with van der Waals surface area (Å²) in [5, 5.41) is 0.325. The zero-order valence-corrected chi connectivity index (χ0v) is 18.4. The summed E-state index contributed by atoms with van der Waals surface area (Å²) in [6.45, 7) is 5.06. The number of amides is 1. The van der Waals surface area contributed by atoms with Crippen LogP contribution < -0.4 is 14.4 Å². The van der Waals surface area contributed by atoms with Crippen molar-refractivity contribution in [1.29, 1.82) is 0 Å². The Labute approximate surface area is 181 Å². The molecule has 2 aromatic carbocycles. The van der Waals surface area contributed by atoms with Crippen LogP contribution in [0.4, 0.5) is 5.69 Å². The molecule has 2 heterocycles. The molecule has 2 aliphatic heterocycles. The van der Waals surface area contributed by atoms with Gasteiger partial charge in [0, 0.05) is 30.9 Å². The SMILES string of the molecule is CCN(CC)S(=O)(=O)c1ccc2c(c1)CCCN2C(=O)c1cc(Cl)c2c(c1)OCO2. The summed E-state index contributed by atoms with van der Waals surface area (Å²) < 4.78 is 37.8. The monoisotopic (exact) mass is 450 g/mol. The fourth-order valence-corrected chi connectivity index (χ4v) is 5.68. The van der Waals surface area contributed by atoms with Crippen LogP contribution in [0.2, 0.25) is 5.02 Å². The minimum atomic E-state index is -3.56. The lowest BCUT2D eigenvalue weighted by Gasteiger charge is -2.30. The fourth-order valence-electron chi connectivity index (χ4n) is 3.90. The van der Waals surface area contributed by atoms with E-state index < -0.39 is 10.0 Å². The highest BCUT2D eigenvalue weighted by Gasteiger charge is 2.29. The van der Waals surface area contributed by atoms with Crippen LogP contribution in [0.1, 0.15) is 36.2 Å². The zero-order chi connectivity index (χ0) is 21.5. The molecule has 0 fully saturated rings. The third-order valence-electron chi connectivity index (χ3n) is 5.43. The van der Waals surface area contributed by atoms with Gasteiger partial charge in [0.2, 0.25) is 16.8 Å². The van der Waals surface area contributed by atoms with E-state index in [2.05, 4.69) is 0 Å². The number of halogens is 1. The van der Waals surface area contributed by atoms with E-state index in [9.17, 15) is 13.2 Å². The van der Waals surface area contributed by atoms with Crippen LogP contribution in [0.5, 0.6) is 11.5 Å². The standard InChI is InChI=1S/C21H23ClN2O5S/c1-3-23(4-2)30(26,27)16-7-8-18-14(10-16)6-5-9-24(18)21(25)15-11-17(22)20-19(12-15)28-13-29-20/h7-8,10-12H,3-6,9,13H2,1-2H3. The Balaban J connectivity index is 1.68. The van der Waals surface area contributed by atoms with Gasteiger partial charge >= 0.3 is 0 Å². The second kappa shape index (κ2) is 8.09. The molecule has 0 saturated heterocycles. The molecule has 1 amide bonds. The topological polar surface area (TPSA) is 76.2 Å². The van der Waals surface area contributed by atoms with Crippen LogP contribution >= 0.6 is 11.6 Å². The second-order valence-corrected chi connectivity index (χ2v) is 9.48. The quantitative estimate of drug-likeness (QED) is 0.694. The third kappa shape index (κ3) is 3.53. The van der Waals surface area contributed by atoms with Crippen LogP contribution in [0.15, 0.2) is 35.2 Å². The molecule has 160 valence electrons. The number of hydrogen-bond acceptors (Lipinski definition) is 5. The molecule has 0 spiro atoms. The van der Waals surface area contributed by atoms with E-state index in [0.717, 1.165) is 17.7 Å². The number of aryl methyl sites for hydroxylation is 1. The number of anilines is 1. The summed E-state index contributed by atoms with van der Waals surface area (Å²) in [4.78, 5) is 15.2. The molecule has 9 heteroatoms. The maximum Gasteiger partial charge on any atom is 0.258 e. The molecule has 2 aliphatic rings. The van der Waals surface area contributed by atoms with Gasteiger partial charge in [-0.05, 0) is 48.7 Å². The van der Waals surface area contributed by atoms with Crippen molar-refractivity contribution in [3.8, 4) is 11.5 Å². The van der Waals surface area contributed by atoms with Gasteiger partial charge in [0.1, 0.15) is 0 Å². The number of hydrogen-bond donors (Lipinski definition) is 0. The van der Waals surface area contributed by atoms with E-state index in [4.69, 9.17) is 21.1 Å². The van der Waals surface area contributed by atoms with Crippen LogP contribution in [0, 0.1) is 0 Å². The third-order valence-corrected chi connectivity index (χ3v) is 7.76. The normalized spacial score (nSPS) is 15.4. The van der Waals surface area contributed by atoms with Crippen LogP contribution in [0.25, 0.3) is 0 Å². The van der Waals surface area contributed by atoms with Crippen LogP contribution in [-0.4, -0.2) is 45.1 Å². The Bertz CT molecular complexity index is 1100. The molecule has 4 rings (SSSR count). The van der Waals surface area contributed by atoms with Crippen molar-refractivity contribution in [1.82, 2.24) is 4.31 Å². The van der Waals surface area contributed by atoms with Crippen molar-refractivity contribution < 1.29 is 22.7 Å². The fraction of sp³-hybridized carbons (Fsp3) is 0.381. The molecule has 0 radical (unpaired) electrons. The highest BCUT2D eigenvalue weighted by molar-refractivity contribution is 7.89. The first-order valence-electron chi connectivity index (χ1n) is 9.91. The lowest BCUT2D eigenvalue weighted by atomic mass is 10.0. The molecule has 0 saturated carbocycles. The lowest BCUT2D eigenvalue weighted by molar-refractivity contribution is 0.0984.